The zero-order valence-corrected chi connectivity index (χ0v) is 12.0. The van der Waals surface area contributed by atoms with Gasteiger partial charge < -0.3 is 4.74 Å². The molecule has 0 saturated carbocycles. The second-order valence-corrected chi connectivity index (χ2v) is 6.48. The van der Waals surface area contributed by atoms with E-state index >= 15 is 0 Å². The first-order valence-corrected chi connectivity index (χ1v) is 7.82. The zero-order chi connectivity index (χ0) is 16.5. The Balaban J connectivity index is 2.54. The Hall–Kier alpha value is -2.09. The van der Waals surface area contributed by atoms with Gasteiger partial charge in [0.2, 0.25) is 0 Å². The van der Waals surface area contributed by atoms with Crippen LogP contribution in [-0.2, 0) is 16.0 Å². The van der Waals surface area contributed by atoms with Gasteiger partial charge >= 0.3 is 6.18 Å². The molecule has 0 bridgehead atoms. The van der Waals surface area contributed by atoms with E-state index in [4.69, 9.17) is 4.74 Å². The van der Waals surface area contributed by atoms with Crippen LogP contribution in [-0.4, -0.2) is 14.7 Å². The van der Waals surface area contributed by atoms with Gasteiger partial charge in [0.1, 0.15) is 5.75 Å². The Morgan fingerprint density at radius 3 is 2.18 bits per heavy atom. The molecule has 0 aliphatic carbocycles. The Bertz CT molecular complexity index is 798. The number of alkyl halides is 3. The summed E-state index contributed by atoms with van der Waals surface area (Å²) in [7, 11) is -3.81. The molecule has 22 heavy (non-hydrogen) atoms. The van der Waals surface area contributed by atoms with Gasteiger partial charge in [0, 0.05) is 6.26 Å². The van der Waals surface area contributed by atoms with Gasteiger partial charge in [0.05, 0.1) is 10.5 Å². The molecule has 2 aromatic carbocycles. The van der Waals surface area contributed by atoms with E-state index in [0.29, 0.717) is 6.07 Å². The molecule has 0 amide bonds. The smallest absolute Gasteiger partial charge is 0.420 e. The SMILES string of the molecule is CS(=O)(=O)c1ccc(Oc2ccccc2F)c(C(F)(F)F)c1. The quantitative estimate of drug-likeness (QED) is 0.796. The first-order valence-electron chi connectivity index (χ1n) is 5.93. The molecule has 0 fully saturated rings. The van der Waals surface area contributed by atoms with Crippen LogP contribution in [0.1, 0.15) is 5.56 Å². The lowest BCUT2D eigenvalue weighted by molar-refractivity contribution is -0.138. The van der Waals surface area contributed by atoms with Gasteiger partial charge in [-0.2, -0.15) is 13.2 Å². The number of halogens is 4. The topological polar surface area (TPSA) is 43.4 Å². The zero-order valence-electron chi connectivity index (χ0n) is 11.2. The molecule has 8 heteroatoms. The van der Waals surface area contributed by atoms with Crippen molar-refractivity contribution in [3.05, 3.63) is 53.8 Å². The van der Waals surface area contributed by atoms with Gasteiger partial charge in [-0.3, -0.25) is 0 Å². The lowest BCUT2D eigenvalue weighted by Gasteiger charge is -2.15. The van der Waals surface area contributed by atoms with E-state index in [1.54, 1.807) is 0 Å². The van der Waals surface area contributed by atoms with Crippen LogP contribution in [0.25, 0.3) is 0 Å². The largest absolute Gasteiger partial charge is 0.454 e. The first-order chi connectivity index (χ1) is 10.1. The van der Waals surface area contributed by atoms with E-state index in [1.165, 1.54) is 18.2 Å². The molecule has 0 spiro atoms. The predicted molar refractivity (Wildman–Crippen MR) is 71.0 cm³/mol. The minimum atomic E-state index is -4.85. The molecule has 118 valence electrons. The Labute approximate surface area is 124 Å². The fraction of sp³-hybridized carbons (Fsp3) is 0.143. The van der Waals surface area contributed by atoms with E-state index in [1.807, 2.05) is 0 Å². The van der Waals surface area contributed by atoms with E-state index in [2.05, 4.69) is 0 Å². The lowest BCUT2D eigenvalue weighted by Crippen LogP contribution is -2.09. The number of sulfone groups is 1. The fourth-order valence-electron chi connectivity index (χ4n) is 1.70. The van der Waals surface area contributed by atoms with Crippen LogP contribution in [0.15, 0.2) is 47.4 Å². The molecule has 0 N–H and O–H groups in total. The highest BCUT2D eigenvalue weighted by atomic mass is 32.2. The van der Waals surface area contributed by atoms with E-state index in [-0.39, 0.29) is 5.75 Å². The maximum Gasteiger partial charge on any atom is 0.420 e. The summed E-state index contributed by atoms with van der Waals surface area (Å²) in [6, 6.07) is 7.25. The molecule has 3 nitrogen and oxygen atoms in total. The Kier molecular flexibility index (Phi) is 4.15. The molecule has 0 unspecified atom stereocenters. The highest BCUT2D eigenvalue weighted by Gasteiger charge is 2.35. The van der Waals surface area contributed by atoms with Crippen molar-refractivity contribution in [2.24, 2.45) is 0 Å². The van der Waals surface area contributed by atoms with Crippen LogP contribution in [0.2, 0.25) is 0 Å². The molecule has 0 radical (unpaired) electrons. The summed E-state index contributed by atoms with van der Waals surface area (Å²) >= 11 is 0. The number of rotatable bonds is 3. The van der Waals surface area contributed by atoms with E-state index in [9.17, 15) is 26.0 Å². The van der Waals surface area contributed by atoms with Gasteiger partial charge in [-0.05, 0) is 30.3 Å². The summed E-state index contributed by atoms with van der Waals surface area (Å²) in [6.45, 7) is 0. The number of para-hydroxylation sites is 1. The lowest BCUT2D eigenvalue weighted by atomic mass is 10.2. The molecule has 0 heterocycles. The highest BCUT2D eigenvalue weighted by Crippen LogP contribution is 2.39. The number of benzene rings is 2. The number of hydrogen-bond acceptors (Lipinski definition) is 3. The van der Waals surface area contributed by atoms with Crippen molar-refractivity contribution in [2.45, 2.75) is 11.1 Å². The van der Waals surface area contributed by atoms with Crippen molar-refractivity contribution in [1.82, 2.24) is 0 Å². The van der Waals surface area contributed by atoms with Gasteiger partial charge in [0.25, 0.3) is 0 Å². The first kappa shape index (κ1) is 16.3. The minimum Gasteiger partial charge on any atom is -0.454 e. The molecule has 0 atom stereocenters. The van der Waals surface area contributed by atoms with Gasteiger partial charge in [0.15, 0.2) is 21.4 Å². The maximum absolute atomic E-state index is 13.5. The van der Waals surface area contributed by atoms with Gasteiger partial charge in [-0.25, -0.2) is 12.8 Å². The third-order valence-electron chi connectivity index (χ3n) is 2.74. The summed E-state index contributed by atoms with van der Waals surface area (Å²) in [5.74, 6) is -1.90. The predicted octanol–water partition coefficient (Wildman–Crippen LogP) is 4.04. The van der Waals surface area contributed by atoms with Crippen LogP contribution < -0.4 is 4.74 Å². The van der Waals surface area contributed by atoms with Crippen molar-refractivity contribution in [1.29, 1.82) is 0 Å². The van der Waals surface area contributed by atoms with Gasteiger partial charge in [-0.1, -0.05) is 12.1 Å². The van der Waals surface area contributed by atoms with Crippen molar-refractivity contribution in [3.63, 3.8) is 0 Å². The Morgan fingerprint density at radius 2 is 1.64 bits per heavy atom. The minimum absolute atomic E-state index is 0.389. The standard InChI is InChI=1S/C14H10F4O3S/c1-22(19,20)9-6-7-12(10(8-9)14(16,17)18)21-13-5-3-2-4-11(13)15/h2-8H,1H3. The fourth-order valence-corrected chi connectivity index (χ4v) is 2.34. The maximum atomic E-state index is 13.5. The average Bonchev–Trinajstić information content (AvgIpc) is 2.39. The molecule has 0 aromatic heterocycles. The second-order valence-electron chi connectivity index (χ2n) is 4.46. The van der Waals surface area contributed by atoms with E-state index < -0.39 is 38.0 Å². The van der Waals surface area contributed by atoms with Crippen molar-refractivity contribution in [3.8, 4) is 11.5 Å². The van der Waals surface area contributed by atoms with Crippen LogP contribution in [0.5, 0.6) is 11.5 Å². The third kappa shape index (κ3) is 3.56. The molecule has 0 aliphatic heterocycles. The molecular weight excluding hydrogens is 324 g/mol. The molecule has 0 aliphatic rings. The number of hydrogen-bond donors (Lipinski definition) is 0. The Morgan fingerprint density at radius 1 is 1.00 bits per heavy atom. The molecule has 2 aromatic rings. The van der Waals surface area contributed by atoms with Crippen LogP contribution >= 0.6 is 0 Å². The number of ether oxygens (including phenoxy) is 1. The summed E-state index contributed by atoms with van der Waals surface area (Å²) < 4.78 is 80.3. The molecular formula is C14H10F4O3S. The van der Waals surface area contributed by atoms with E-state index in [0.717, 1.165) is 24.5 Å². The van der Waals surface area contributed by atoms with Crippen LogP contribution in [0, 0.1) is 5.82 Å². The monoisotopic (exact) mass is 334 g/mol. The molecule has 2 rings (SSSR count). The summed E-state index contributed by atoms with van der Waals surface area (Å²) in [5, 5.41) is 0. The average molecular weight is 334 g/mol. The third-order valence-corrected chi connectivity index (χ3v) is 3.85. The second kappa shape index (κ2) is 5.60. The molecule has 0 saturated heterocycles. The highest BCUT2D eigenvalue weighted by molar-refractivity contribution is 7.90. The summed E-state index contributed by atoms with van der Waals surface area (Å²) in [6.07, 6.45) is -4.05. The summed E-state index contributed by atoms with van der Waals surface area (Å²) in [4.78, 5) is -0.499. The van der Waals surface area contributed by atoms with Crippen LogP contribution in [0.3, 0.4) is 0 Å². The van der Waals surface area contributed by atoms with Crippen molar-refractivity contribution < 1.29 is 30.7 Å². The van der Waals surface area contributed by atoms with Crippen LogP contribution in [0.4, 0.5) is 17.6 Å². The van der Waals surface area contributed by atoms with Crippen molar-refractivity contribution in [2.75, 3.05) is 6.26 Å². The normalized spacial score (nSPS) is 12.2. The van der Waals surface area contributed by atoms with Gasteiger partial charge in [-0.15, -0.1) is 0 Å². The summed E-state index contributed by atoms with van der Waals surface area (Å²) in [5.41, 5.74) is -1.29. The van der Waals surface area contributed by atoms with Crippen molar-refractivity contribution >= 4 is 9.84 Å².